The zero-order chi connectivity index (χ0) is 14.7. The Kier molecular flexibility index (Phi) is 4.52. The Morgan fingerprint density at radius 1 is 1.30 bits per heavy atom. The fraction of sp³-hybridized carbons (Fsp3) is 0.0714. The molecule has 1 amide bonds. The van der Waals surface area contributed by atoms with Gasteiger partial charge in [-0.05, 0) is 46.3 Å². The monoisotopic (exact) mass is 354 g/mol. The van der Waals surface area contributed by atoms with E-state index in [1.807, 2.05) is 0 Å². The van der Waals surface area contributed by atoms with Crippen LogP contribution in [0, 0.1) is 0 Å². The molecule has 104 valence electrons. The van der Waals surface area contributed by atoms with Crippen LogP contribution in [-0.4, -0.2) is 13.0 Å². The number of carbonyl (C=O) groups is 1. The van der Waals surface area contributed by atoms with E-state index in [0.717, 1.165) is 0 Å². The molecule has 0 aliphatic carbocycles. The first-order valence-corrected chi connectivity index (χ1v) is 6.88. The van der Waals surface area contributed by atoms with Crippen LogP contribution in [0.2, 0.25) is 5.02 Å². The van der Waals surface area contributed by atoms with Crippen molar-refractivity contribution < 1.29 is 9.53 Å². The van der Waals surface area contributed by atoms with Crippen LogP contribution in [0.3, 0.4) is 0 Å². The lowest BCUT2D eigenvalue weighted by Gasteiger charge is -2.09. The standard InChI is InChI=1S/C14H12BrClN2O2/c1-20-9-3-4-11(16)13(7-9)18-14(19)8-2-5-12(17)10(15)6-8/h2-7H,17H2,1H3,(H,18,19). The van der Waals surface area contributed by atoms with Crippen molar-refractivity contribution in [2.75, 3.05) is 18.2 Å². The summed E-state index contributed by atoms with van der Waals surface area (Å²) in [7, 11) is 1.55. The third-order valence-electron chi connectivity index (χ3n) is 2.68. The maximum absolute atomic E-state index is 12.2. The van der Waals surface area contributed by atoms with Crippen molar-refractivity contribution in [3.8, 4) is 5.75 Å². The Labute approximate surface area is 130 Å². The molecule has 0 unspecified atom stereocenters. The van der Waals surface area contributed by atoms with E-state index >= 15 is 0 Å². The molecule has 6 heteroatoms. The molecule has 4 nitrogen and oxygen atoms in total. The van der Waals surface area contributed by atoms with Gasteiger partial charge in [0, 0.05) is 21.8 Å². The highest BCUT2D eigenvalue weighted by Gasteiger charge is 2.10. The van der Waals surface area contributed by atoms with Crippen molar-refractivity contribution >= 4 is 44.8 Å². The van der Waals surface area contributed by atoms with E-state index in [2.05, 4.69) is 21.2 Å². The molecule has 0 bridgehead atoms. The summed E-state index contributed by atoms with van der Waals surface area (Å²) in [4.78, 5) is 12.2. The maximum Gasteiger partial charge on any atom is 0.255 e. The van der Waals surface area contributed by atoms with Gasteiger partial charge in [0.25, 0.3) is 5.91 Å². The third-order valence-corrected chi connectivity index (χ3v) is 3.70. The number of hydrogen-bond acceptors (Lipinski definition) is 3. The predicted molar refractivity (Wildman–Crippen MR) is 84.5 cm³/mol. The van der Waals surface area contributed by atoms with E-state index in [9.17, 15) is 4.79 Å². The van der Waals surface area contributed by atoms with E-state index in [1.54, 1.807) is 43.5 Å². The Hall–Kier alpha value is -1.72. The lowest BCUT2D eigenvalue weighted by Crippen LogP contribution is -2.12. The number of nitrogens with two attached hydrogens (primary N) is 1. The number of hydrogen-bond donors (Lipinski definition) is 2. The minimum absolute atomic E-state index is 0.277. The van der Waals surface area contributed by atoms with Gasteiger partial charge in [0.05, 0.1) is 17.8 Å². The van der Waals surface area contributed by atoms with E-state index < -0.39 is 0 Å². The molecule has 2 aromatic rings. The Balaban J connectivity index is 2.25. The molecule has 0 aliphatic rings. The van der Waals surface area contributed by atoms with Crippen LogP contribution in [0.15, 0.2) is 40.9 Å². The number of anilines is 2. The fourth-order valence-corrected chi connectivity index (χ4v) is 2.13. The molecular formula is C14H12BrClN2O2. The topological polar surface area (TPSA) is 64.3 Å². The number of nitrogen functional groups attached to an aromatic ring is 1. The van der Waals surface area contributed by atoms with Gasteiger partial charge in [-0.2, -0.15) is 0 Å². The van der Waals surface area contributed by atoms with Gasteiger partial charge in [-0.3, -0.25) is 4.79 Å². The molecule has 0 spiro atoms. The number of ether oxygens (including phenoxy) is 1. The summed E-state index contributed by atoms with van der Waals surface area (Å²) < 4.78 is 5.77. The quantitative estimate of drug-likeness (QED) is 0.820. The number of nitrogens with one attached hydrogen (secondary N) is 1. The molecule has 3 N–H and O–H groups in total. The number of benzene rings is 2. The minimum atomic E-state index is -0.277. The number of halogens is 2. The smallest absolute Gasteiger partial charge is 0.255 e. The summed E-state index contributed by atoms with van der Waals surface area (Å²) in [5, 5.41) is 3.17. The molecular weight excluding hydrogens is 344 g/mol. The molecule has 0 atom stereocenters. The normalized spacial score (nSPS) is 10.2. The highest BCUT2D eigenvalue weighted by atomic mass is 79.9. The van der Waals surface area contributed by atoms with Crippen molar-refractivity contribution in [3.63, 3.8) is 0 Å². The Morgan fingerprint density at radius 3 is 2.70 bits per heavy atom. The highest BCUT2D eigenvalue weighted by Crippen LogP contribution is 2.27. The van der Waals surface area contributed by atoms with E-state index in [1.165, 1.54) is 0 Å². The largest absolute Gasteiger partial charge is 0.497 e. The van der Waals surface area contributed by atoms with Crippen molar-refractivity contribution in [2.45, 2.75) is 0 Å². The lowest BCUT2D eigenvalue weighted by molar-refractivity contribution is 0.102. The second-order valence-corrected chi connectivity index (χ2v) is 5.30. The fourth-order valence-electron chi connectivity index (χ4n) is 1.59. The van der Waals surface area contributed by atoms with Gasteiger partial charge >= 0.3 is 0 Å². The van der Waals surface area contributed by atoms with Gasteiger partial charge in [-0.1, -0.05) is 11.6 Å². The van der Waals surface area contributed by atoms with Crippen LogP contribution in [0.25, 0.3) is 0 Å². The average molecular weight is 356 g/mol. The van der Waals surface area contributed by atoms with Crippen LogP contribution in [-0.2, 0) is 0 Å². The van der Waals surface area contributed by atoms with Crippen LogP contribution in [0.1, 0.15) is 10.4 Å². The summed E-state index contributed by atoms with van der Waals surface area (Å²) in [6.45, 7) is 0. The molecule has 0 fully saturated rings. The van der Waals surface area contributed by atoms with E-state index in [4.69, 9.17) is 22.1 Å². The Morgan fingerprint density at radius 2 is 2.05 bits per heavy atom. The summed E-state index contributed by atoms with van der Waals surface area (Å²) in [5.74, 6) is 0.337. The average Bonchev–Trinajstić information content (AvgIpc) is 2.44. The van der Waals surface area contributed by atoms with Crippen LogP contribution in [0.4, 0.5) is 11.4 Å². The molecule has 0 aromatic heterocycles. The SMILES string of the molecule is COc1ccc(Cl)c(NC(=O)c2ccc(N)c(Br)c2)c1. The van der Waals surface area contributed by atoms with Gasteiger partial charge < -0.3 is 15.8 Å². The lowest BCUT2D eigenvalue weighted by atomic mass is 10.2. The molecule has 0 saturated carbocycles. The summed E-state index contributed by atoms with van der Waals surface area (Å²) in [6, 6.07) is 9.99. The number of methoxy groups -OCH3 is 1. The van der Waals surface area contributed by atoms with Crippen molar-refractivity contribution in [3.05, 3.63) is 51.5 Å². The third kappa shape index (κ3) is 3.23. The predicted octanol–water partition coefficient (Wildman–Crippen LogP) is 3.95. The molecule has 2 rings (SSSR count). The summed E-state index contributed by atoms with van der Waals surface area (Å²) in [5.41, 5.74) is 7.22. The number of rotatable bonds is 3. The first-order valence-electron chi connectivity index (χ1n) is 5.71. The van der Waals surface area contributed by atoms with Gasteiger partial charge in [0.2, 0.25) is 0 Å². The Bertz CT molecular complexity index is 662. The van der Waals surface area contributed by atoms with E-state index in [-0.39, 0.29) is 5.91 Å². The molecule has 0 saturated heterocycles. The molecule has 0 heterocycles. The van der Waals surface area contributed by atoms with Gasteiger partial charge in [0.1, 0.15) is 5.75 Å². The molecule has 0 aliphatic heterocycles. The van der Waals surface area contributed by atoms with Crippen LogP contribution < -0.4 is 15.8 Å². The summed E-state index contributed by atoms with van der Waals surface area (Å²) in [6.07, 6.45) is 0. The van der Waals surface area contributed by atoms with Crippen molar-refractivity contribution in [1.29, 1.82) is 0 Å². The minimum Gasteiger partial charge on any atom is -0.497 e. The summed E-state index contributed by atoms with van der Waals surface area (Å²) >= 11 is 9.33. The van der Waals surface area contributed by atoms with Crippen LogP contribution in [0.5, 0.6) is 5.75 Å². The van der Waals surface area contributed by atoms with Crippen molar-refractivity contribution in [2.24, 2.45) is 0 Å². The first-order chi connectivity index (χ1) is 9.51. The second-order valence-electron chi connectivity index (χ2n) is 4.04. The van der Waals surface area contributed by atoms with Gasteiger partial charge in [-0.25, -0.2) is 0 Å². The first kappa shape index (κ1) is 14.7. The van der Waals surface area contributed by atoms with Crippen molar-refractivity contribution in [1.82, 2.24) is 0 Å². The zero-order valence-electron chi connectivity index (χ0n) is 10.6. The van der Waals surface area contributed by atoms with Gasteiger partial charge in [-0.15, -0.1) is 0 Å². The number of amides is 1. The maximum atomic E-state index is 12.2. The second kappa shape index (κ2) is 6.15. The van der Waals surface area contributed by atoms with E-state index in [0.29, 0.717) is 32.2 Å². The molecule has 2 aromatic carbocycles. The zero-order valence-corrected chi connectivity index (χ0v) is 13.0. The van der Waals surface area contributed by atoms with Gasteiger partial charge in [0.15, 0.2) is 0 Å². The highest BCUT2D eigenvalue weighted by molar-refractivity contribution is 9.10. The number of carbonyl (C=O) groups excluding carboxylic acids is 1. The van der Waals surface area contributed by atoms with Crippen LogP contribution >= 0.6 is 27.5 Å². The molecule has 0 radical (unpaired) electrons. The molecule has 20 heavy (non-hydrogen) atoms.